The molecule has 1 aliphatic carbocycles. The monoisotopic (exact) mass is 287 g/mol. The molecule has 0 bridgehead atoms. The van der Waals surface area contributed by atoms with Crippen molar-refractivity contribution in [2.24, 2.45) is 0 Å². The van der Waals surface area contributed by atoms with Crippen LogP contribution in [-0.4, -0.2) is 32.3 Å². The molecule has 1 aromatic carbocycles. The van der Waals surface area contributed by atoms with Crippen LogP contribution in [-0.2, 0) is 4.74 Å². The van der Waals surface area contributed by atoms with E-state index in [0.717, 1.165) is 36.7 Å². The molecule has 21 heavy (non-hydrogen) atoms. The number of para-hydroxylation sites is 1. The first-order chi connectivity index (χ1) is 10.2. The number of aliphatic hydroxyl groups is 1. The predicted octanol–water partition coefficient (Wildman–Crippen LogP) is 2.96. The van der Waals surface area contributed by atoms with Gasteiger partial charge in [-0.05, 0) is 31.9 Å². The number of nitrogens with zero attached hydrogens (tertiary/aromatic N) is 3. The number of benzene rings is 1. The maximum Gasteiger partial charge on any atom is 0.215 e. The lowest BCUT2D eigenvalue weighted by Gasteiger charge is -2.29. The van der Waals surface area contributed by atoms with E-state index in [1.54, 1.807) is 4.68 Å². The summed E-state index contributed by atoms with van der Waals surface area (Å²) >= 11 is 0. The minimum atomic E-state index is -0.796. The first-order valence-electron chi connectivity index (χ1n) is 7.61. The molecule has 0 unspecified atom stereocenters. The molecule has 1 fully saturated rings. The van der Waals surface area contributed by atoms with Gasteiger partial charge in [-0.25, -0.2) is 0 Å². The van der Waals surface area contributed by atoms with Gasteiger partial charge in [0.1, 0.15) is 5.52 Å². The standard InChI is InChI=1S/C16H21N3O2/c1-2-21-15(12-16(20)10-6-3-7-11-16)19-14-9-5-4-8-13(14)17-18-19/h4-5,8-9,12,20H,2-3,6-7,10-11H2,1H3/b15-12+. The highest BCUT2D eigenvalue weighted by molar-refractivity contribution is 5.76. The lowest BCUT2D eigenvalue weighted by Crippen LogP contribution is -2.29. The molecule has 0 atom stereocenters. The fraction of sp³-hybridized carbons (Fsp3) is 0.500. The Labute approximate surface area is 124 Å². The minimum Gasteiger partial charge on any atom is -0.478 e. The molecule has 5 nitrogen and oxygen atoms in total. The van der Waals surface area contributed by atoms with Gasteiger partial charge in [0.15, 0.2) is 0 Å². The molecule has 112 valence electrons. The van der Waals surface area contributed by atoms with Gasteiger partial charge >= 0.3 is 0 Å². The number of hydrogen-bond donors (Lipinski definition) is 1. The van der Waals surface area contributed by atoms with Gasteiger partial charge in [0.25, 0.3) is 0 Å². The topological polar surface area (TPSA) is 60.2 Å². The van der Waals surface area contributed by atoms with E-state index in [1.165, 1.54) is 6.42 Å². The second-order valence-corrected chi connectivity index (χ2v) is 5.57. The molecule has 0 spiro atoms. The van der Waals surface area contributed by atoms with E-state index >= 15 is 0 Å². The van der Waals surface area contributed by atoms with Crippen molar-refractivity contribution in [3.05, 3.63) is 30.3 Å². The van der Waals surface area contributed by atoms with E-state index in [4.69, 9.17) is 4.74 Å². The molecule has 0 aliphatic heterocycles. The number of ether oxygens (including phenoxy) is 1. The Hall–Kier alpha value is -1.88. The average Bonchev–Trinajstić information content (AvgIpc) is 2.91. The second-order valence-electron chi connectivity index (χ2n) is 5.57. The van der Waals surface area contributed by atoms with Crippen LogP contribution in [0.4, 0.5) is 0 Å². The van der Waals surface area contributed by atoms with Crippen molar-refractivity contribution < 1.29 is 9.84 Å². The van der Waals surface area contributed by atoms with E-state index in [0.29, 0.717) is 12.5 Å². The Balaban J connectivity index is 2.01. The van der Waals surface area contributed by atoms with Crippen molar-refractivity contribution in [2.45, 2.75) is 44.6 Å². The SMILES string of the molecule is CCO/C(=C/C1(O)CCCCC1)n1nnc2ccccc21. The zero-order chi connectivity index (χ0) is 14.7. The van der Waals surface area contributed by atoms with Gasteiger partial charge in [0, 0.05) is 6.08 Å². The molecule has 1 aliphatic rings. The minimum absolute atomic E-state index is 0.524. The van der Waals surface area contributed by atoms with E-state index < -0.39 is 5.60 Å². The van der Waals surface area contributed by atoms with Crippen LogP contribution in [0.3, 0.4) is 0 Å². The number of fused-ring (bicyclic) bond motifs is 1. The second kappa shape index (κ2) is 5.85. The van der Waals surface area contributed by atoms with E-state index in [2.05, 4.69) is 10.3 Å². The molecule has 1 aromatic heterocycles. The van der Waals surface area contributed by atoms with Crippen LogP contribution >= 0.6 is 0 Å². The highest BCUT2D eigenvalue weighted by atomic mass is 16.5. The number of rotatable bonds is 4. The van der Waals surface area contributed by atoms with E-state index in [-0.39, 0.29) is 0 Å². The highest BCUT2D eigenvalue weighted by Crippen LogP contribution is 2.31. The third-order valence-corrected chi connectivity index (χ3v) is 3.96. The number of aromatic nitrogens is 3. The third-order valence-electron chi connectivity index (χ3n) is 3.96. The van der Waals surface area contributed by atoms with Gasteiger partial charge < -0.3 is 9.84 Å². The maximum absolute atomic E-state index is 10.7. The molecule has 1 saturated carbocycles. The smallest absolute Gasteiger partial charge is 0.215 e. The molecular formula is C16H21N3O2. The summed E-state index contributed by atoms with van der Waals surface area (Å²) in [5.74, 6) is 0.565. The Morgan fingerprint density at radius 2 is 2.10 bits per heavy atom. The summed E-state index contributed by atoms with van der Waals surface area (Å²) < 4.78 is 7.40. The van der Waals surface area contributed by atoms with Gasteiger partial charge in [0.05, 0.1) is 17.7 Å². The average molecular weight is 287 g/mol. The van der Waals surface area contributed by atoms with Crippen LogP contribution in [0.2, 0.25) is 0 Å². The zero-order valence-corrected chi connectivity index (χ0v) is 12.3. The Bertz CT molecular complexity index is 642. The van der Waals surface area contributed by atoms with Gasteiger partial charge in [-0.3, -0.25) is 0 Å². The van der Waals surface area contributed by atoms with Crippen LogP contribution < -0.4 is 0 Å². The molecule has 1 heterocycles. The predicted molar refractivity (Wildman–Crippen MR) is 81.5 cm³/mol. The first kappa shape index (κ1) is 14.1. The summed E-state index contributed by atoms with van der Waals surface area (Å²) in [6.45, 7) is 2.45. The lowest BCUT2D eigenvalue weighted by atomic mass is 9.85. The largest absolute Gasteiger partial charge is 0.478 e. The van der Waals surface area contributed by atoms with Crippen LogP contribution in [0.25, 0.3) is 16.9 Å². The van der Waals surface area contributed by atoms with Gasteiger partial charge in [-0.15, -0.1) is 5.10 Å². The van der Waals surface area contributed by atoms with Crippen molar-refractivity contribution in [3.63, 3.8) is 0 Å². The quantitative estimate of drug-likeness (QED) is 0.878. The van der Waals surface area contributed by atoms with Crippen molar-refractivity contribution in [1.29, 1.82) is 0 Å². The van der Waals surface area contributed by atoms with Crippen LogP contribution in [0.5, 0.6) is 0 Å². The summed E-state index contributed by atoms with van der Waals surface area (Å²) in [4.78, 5) is 0. The Morgan fingerprint density at radius 1 is 1.33 bits per heavy atom. The summed E-state index contributed by atoms with van der Waals surface area (Å²) in [6, 6.07) is 7.74. The molecule has 0 amide bonds. The van der Waals surface area contributed by atoms with Crippen molar-refractivity contribution in [3.8, 4) is 0 Å². The normalized spacial score (nSPS) is 18.9. The Kier molecular flexibility index (Phi) is 3.92. The number of hydrogen-bond acceptors (Lipinski definition) is 4. The summed E-state index contributed by atoms with van der Waals surface area (Å²) in [7, 11) is 0. The summed E-state index contributed by atoms with van der Waals surface area (Å²) in [6.07, 6.45) is 6.64. The maximum atomic E-state index is 10.7. The lowest BCUT2D eigenvalue weighted by molar-refractivity contribution is 0.0490. The van der Waals surface area contributed by atoms with Gasteiger partial charge in [-0.1, -0.05) is 36.6 Å². The molecule has 2 aromatic rings. The van der Waals surface area contributed by atoms with E-state index in [1.807, 2.05) is 37.3 Å². The van der Waals surface area contributed by atoms with E-state index in [9.17, 15) is 5.11 Å². The molecule has 3 rings (SSSR count). The first-order valence-corrected chi connectivity index (χ1v) is 7.61. The van der Waals surface area contributed by atoms with Crippen molar-refractivity contribution >= 4 is 16.9 Å². The Morgan fingerprint density at radius 3 is 2.86 bits per heavy atom. The summed E-state index contributed by atoms with van der Waals surface area (Å²) in [5, 5.41) is 19.0. The fourth-order valence-corrected chi connectivity index (χ4v) is 2.88. The highest BCUT2D eigenvalue weighted by Gasteiger charge is 2.28. The molecule has 5 heteroatoms. The molecular weight excluding hydrogens is 266 g/mol. The van der Waals surface area contributed by atoms with Crippen molar-refractivity contribution in [2.75, 3.05) is 6.61 Å². The third kappa shape index (κ3) is 2.93. The van der Waals surface area contributed by atoms with Crippen molar-refractivity contribution in [1.82, 2.24) is 15.0 Å². The fourth-order valence-electron chi connectivity index (χ4n) is 2.88. The van der Waals surface area contributed by atoms with Gasteiger partial charge in [-0.2, -0.15) is 4.68 Å². The van der Waals surface area contributed by atoms with Gasteiger partial charge in [0.2, 0.25) is 5.88 Å². The van der Waals surface area contributed by atoms with Crippen LogP contribution in [0.1, 0.15) is 39.0 Å². The molecule has 0 radical (unpaired) electrons. The molecule has 0 saturated heterocycles. The summed E-state index contributed by atoms with van der Waals surface area (Å²) in [5.41, 5.74) is 0.908. The van der Waals surface area contributed by atoms with Crippen LogP contribution in [0.15, 0.2) is 30.3 Å². The molecule has 1 N–H and O–H groups in total. The zero-order valence-electron chi connectivity index (χ0n) is 12.3. The van der Waals surface area contributed by atoms with Crippen LogP contribution in [0, 0.1) is 0 Å².